The highest BCUT2D eigenvalue weighted by atomic mass is 15.2. The monoisotopic (exact) mass is 232 g/mol. The average molecular weight is 232 g/mol. The van der Waals surface area contributed by atoms with Crippen LogP contribution in [-0.4, -0.2) is 23.5 Å². The van der Waals surface area contributed by atoms with Crippen molar-refractivity contribution >= 4 is 0 Å². The van der Waals surface area contributed by atoms with Gasteiger partial charge in [-0.15, -0.1) is 0 Å². The van der Waals surface area contributed by atoms with Gasteiger partial charge >= 0.3 is 0 Å². The molecule has 2 nitrogen and oxygen atoms in total. The first-order chi connectivity index (χ1) is 8.01. The summed E-state index contributed by atoms with van der Waals surface area (Å²) in [4.78, 5) is 2.53. The fourth-order valence-electron chi connectivity index (χ4n) is 2.67. The van der Waals surface area contributed by atoms with Crippen LogP contribution in [0.15, 0.2) is 24.3 Å². The van der Waals surface area contributed by atoms with Crippen molar-refractivity contribution in [3.05, 3.63) is 35.4 Å². The maximum absolute atomic E-state index is 6.46. The van der Waals surface area contributed by atoms with Gasteiger partial charge in [-0.1, -0.05) is 29.8 Å². The van der Waals surface area contributed by atoms with Gasteiger partial charge in [-0.2, -0.15) is 0 Å². The maximum Gasteiger partial charge on any atom is 0.0476 e. The van der Waals surface area contributed by atoms with Gasteiger partial charge in [0.1, 0.15) is 0 Å². The molecule has 1 aromatic carbocycles. The van der Waals surface area contributed by atoms with E-state index in [0.29, 0.717) is 0 Å². The second kappa shape index (κ2) is 4.79. The number of nitrogens with zero attached hydrogens (tertiary/aromatic N) is 1. The molecular formula is C15H24N2. The first-order valence-corrected chi connectivity index (χ1v) is 6.59. The molecule has 0 spiro atoms. The van der Waals surface area contributed by atoms with E-state index in [1.807, 2.05) is 0 Å². The lowest BCUT2D eigenvalue weighted by Gasteiger charge is -2.40. The molecule has 0 bridgehead atoms. The molecule has 0 aromatic heterocycles. The number of aryl methyl sites for hydroxylation is 1. The van der Waals surface area contributed by atoms with Gasteiger partial charge in [0.15, 0.2) is 0 Å². The van der Waals surface area contributed by atoms with Crippen LogP contribution >= 0.6 is 0 Å². The molecule has 0 radical (unpaired) electrons. The smallest absolute Gasteiger partial charge is 0.0476 e. The van der Waals surface area contributed by atoms with E-state index in [-0.39, 0.29) is 11.6 Å². The average Bonchev–Trinajstić information content (AvgIpc) is 2.83. The third kappa shape index (κ3) is 2.53. The first-order valence-electron chi connectivity index (χ1n) is 6.59. The van der Waals surface area contributed by atoms with Crippen LogP contribution in [0.25, 0.3) is 0 Å². The van der Waals surface area contributed by atoms with Crippen LogP contribution in [0.2, 0.25) is 0 Å². The van der Waals surface area contributed by atoms with E-state index in [1.54, 1.807) is 0 Å². The minimum Gasteiger partial charge on any atom is -0.322 e. The number of nitrogens with two attached hydrogens (primary N) is 1. The molecule has 0 aliphatic carbocycles. The summed E-state index contributed by atoms with van der Waals surface area (Å²) in [6.07, 6.45) is 2.62. The van der Waals surface area contributed by atoms with Crippen LogP contribution < -0.4 is 5.73 Å². The van der Waals surface area contributed by atoms with Crippen molar-refractivity contribution in [2.24, 2.45) is 5.73 Å². The Morgan fingerprint density at radius 3 is 2.18 bits per heavy atom. The highest BCUT2D eigenvalue weighted by molar-refractivity contribution is 5.26. The number of likely N-dealkylation sites (tertiary alicyclic amines) is 1. The third-order valence-corrected chi connectivity index (χ3v) is 4.12. The lowest BCUT2D eigenvalue weighted by molar-refractivity contribution is 0.124. The Bertz CT molecular complexity index is 361. The van der Waals surface area contributed by atoms with Crippen LogP contribution in [0.1, 0.15) is 43.9 Å². The van der Waals surface area contributed by atoms with Gasteiger partial charge in [-0.25, -0.2) is 0 Å². The van der Waals surface area contributed by atoms with Crippen molar-refractivity contribution in [3.8, 4) is 0 Å². The molecule has 1 aliphatic heterocycles. The Balaban J connectivity index is 2.17. The van der Waals surface area contributed by atoms with Gasteiger partial charge in [-0.05, 0) is 52.3 Å². The third-order valence-electron chi connectivity index (χ3n) is 4.12. The van der Waals surface area contributed by atoms with Crippen LogP contribution in [0, 0.1) is 6.92 Å². The molecule has 1 atom stereocenters. The molecule has 2 rings (SSSR count). The van der Waals surface area contributed by atoms with E-state index in [9.17, 15) is 0 Å². The highest BCUT2D eigenvalue weighted by Crippen LogP contribution is 2.31. The van der Waals surface area contributed by atoms with Crippen LogP contribution in [0.5, 0.6) is 0 Å². The Morgan fingerprint density at radius 1 is 1.12 bits per heavy atom. The Morgan fingerprint density at radius 2 is 1.65 bits per heavy atom. The predicted molar refractivity (Wildman–Crippen MR) is 73.0 cm³/mol. The lowest BCUT2D eigenvalue weighted by atomic mass is 9.87. The molecule has 1 heterocycles. The fourth-order valence-corrected chi connectivity index (χ4v) is 2.67. The van der Waals surface area contributed by atoms with Crippen LogP contribution in [0.3, 0.4) is 0 Å². The number of rotatable bonds is 3. The molecular weight excluding hydrogens is 208 g/mol. The van der Waals surface area contributed by atoms with E-state index in [4.69, 9.17) is 5.73 Å². The predicted octanol–water partition coefficient (Wildman–Crippen LogP) is 2.87. The van der Waals surface area contributed by atoms with Crippen molar-refractivity contribution < 1.29 is 0 Å². The lowest BCUT2D eigenvalue weighted by Crippen LogP contribution is -2.49. The summed E-state index contributed by atoms with van der Waals surface area (Å²) < 4.78 is 0. The van der Waals surface area contributed by atoms with Crippen molar-refractivity contribution in [2.75, 3.05) is 13.1 Å². The fraction of sp³-hybridized carbons (Fsp3) is 0.600. The minimum absolute atomic E-state index is 0.0474. The van der Waals surface area contributed by atoms with E-state index in [2.05, 4.69) is 49.9 Å². The molecule has 2 N–H and O–H groups in total. The maximum atomic E-state index is 6.46. The quantitative estimate of drug-likeness (QED) is 0.868. The summed E-state index contributed by atoms with van der Waals surface area (Å²) in [5.74, 6) is 0. The zero-order valence-electron chi connectivity index (χ0n) is 11.2. The van der Waals surface area contributed by atoms with Crippen molar-refractivity contribution in [3.63, 3.8) is 0 Å². The summed E-state index contributed by atoms with van der Waals surface area (Å²) >= 11 is 0. The van der Waals surface area contributed by atoms with Crippen LogP contribution in [0.4, 0.5) is 0 Å². The minimum atomic E-state index is 0.0474. The SMILES string of the molecule is Cc1ccc(C(N)C(C)(C)N2CCCC2)cc1. The first kappa shape index (κ1) is 12.6. The molecule has 0 saturated carbocycles. The van der Waals surface area contributed by atoms with Gasteiger partial charge in [0.25, 0.3) is 0 Å². The molecule has 1 unspecified atom stereocenters. The molecule has 0 amide bonds. The molecule has 1 fully saturated rings. The molecule has 1 saturated heterocycles. The van der Waals surface area contributed by atoms with E-state index < -0.39 is 0 Å². The molecule has 94 valence electrons. The van der Waals surface area contributed by atoms with Gasteiger partial charge in [-0.3, -0.25) is 4.90 Å². The summed E-state index contributed by atoms with van der Waals surface area (Å²) in [5.41, 5.74) is 9.04. The number of hydrogen-bond donors (Lipinski definition) is 1. The van der Waals surface area contributed by atoms with Gasteiger partial charge in [0, 0.05) is 11.6 Å². The Kier molecular flexibility index (Phi) is 3.55. The van der Waals surface area contributed by atoms with Gasteiger partial charge in [0.2, 0.25) is 0 Å². The zero-order chi connectivity index (χ0) is 12.5. The van der Waals surface area contributed by atoms with Gasteiger partial charge < -0.3 is 5.73 Å². The molecule has 1 aromatic rings. The zero-order valence-corrected chi connectivity index (χ0v) is 11.2. The van der Waals surface area contributed by atoms with Crippen molar-refractivity contribution in [2.45, 2.75) is 45.2 Å². The van der Waals surface area contributed by atoms with Gasteiger partial charge in [0.05, 0.1) is 0 Å². The summed E-state index contributed by atoms with van der Waals surface area (Å²) in [7, 11) is 0. The van der Waals surface area contributed by atoms with E-state index in [1.165, 1.54) is 37.1 Å². The molecule has 1 aliphatic rings. The molecule has 17 heavy (non-hydrogen) atoms. The second-order valence-corrected chi connectivity index (χ2v) is 5.74. The summed E-state index contributed by atoms with van der Waals surface area (Å²) in [6.45, 7) is 9.02. The summed E-state index contributed by atoms with van der Waals surface area (Å²) in [5, 5.41) is 0. The van der Waals surface area contributed by atoms with E-state index >= 15 is 0 Å². The number of benzene rings is 1. The second-order valence-electron chi connectivity index (χ2n) is 5.74. The Labute approximate surface area is 105 Å². The number of hydrogen-bond acceptors (Lipinski definition) is 2. The Hall–Kier alpha value is -0.860. The highest BCUT2D eigenvalue weighted by Gasteiger charge is 2.35. The largest absolute Gasteiger partial charge is 0.322 e. The summed E-state index contributed by atoms with van der Waals surface area (Å²) in [6, 6.07) is 8.71. The van der Waals surface area contributed by atoms with Crippen molar-refractivity contribution in [1.29, 1.82) is 0 Å². The van der Waals surface area contributed by atoms with Crippen molar-refractivity contribution in [1.82, 2.24) is 4.90 Å². The topological polar surface area (TPSA) is 29.3 Å². The van der Waals surface area contributed by atoms with Crippen LogP contribution in [-0.2, 0) is 0 Å². The van der Waals surface area contributed by atoms with E-state index in [0.717, 1.165) is 0 Å². The standard InChI is InChI=1S/C15H24N2/c1-12-6-8-13(9-7-12)14(16)15(2,3)17-10-4-5-11-17/h6-9,14H,4-5,10-11,16H2,1-3H3. The molecule has 2 heteroatoms. The normalized spacial score (nSPS) is 19.5.